The van der Waals surface area contributed by atoms with Crippen LogP contribution in [0.4, 0.5) is 0 Å². The molecule has 1 aromatic rings. The summed E-state index contributed by atoms with van der Waals surface area (Å²) in [6, 6.07) is 5.53. The topological polar surface area (TPSA) is 40.9 Å². The molecule has 0 amide bonds. The van der Waals surface area contributed by atoms with Crippen LogP contribution in [-0.4, -0.2) is 5.78 Å². The molecule has 1 aromatic carbocycles. The van der Waals surface area contributed by atoms with Crippen molar-refractivity contribution in [1.29, 1.82) is 5.26 Å². The third-order valence-corrected chi connectivity index (χ3v) is 2.84. The first-order valence-electron chi connectivity index (χ1n) is 4.43. The number of Topliss-reactive ketones (excluding diaryl/α,β-unsaturated/α-hetero) is 1. The van der Waals surface area contributed by atoms with E-state index in [-0.39, 0.29) is 5.78 Å². The zero-order valence-electron chi connectivity index (χ0n) is 7.88. The molecule has 15 heavy (non-hydrogen) atoms. The van der Waals surface area contributed by atoms with Gasteiger partial charge in [0.15, 0.2) is 5.78 Å². The summed E-state index contributed by atoms with van der Waals surface area (Å²) < 4.78 is 0.794. The Hall–Kier alpha value is -1.40. The summed E-state index contributed by atoms with van der Waals surface area (Å²) in [5.74, 6) is -0.0125. The van der Waals surface area contributed by atoms with Crippen LogP contribution in [0.3, 0.4) is 0 Å². The van der Waals surface area contributed by atoms with Crippen LogP contribution in [-0.2, 0) is 0 Å². The van der Waals surface area contributed by atoms with E-state index < -0.39 is 0 Å². The predicted molar refractivity (Wildman–Crippen MR) is 61.1 cm³/mol. The molecule has 73 valence electrons. The molecule has 2 rings (SSSR count). The lowest BCUT2D eigenvalue weighted by atomic mass is 9.88. The number of nitriles is 1. The van der Waals surface area contributed by atoms with Gasteiger partial charge in [0.1, 0.15) is 0 Å². The fourth-order valence-electron chi connectivity index (χ4n) is 1.68. The second-order valence-corrected chi connectivity index (χ2v) is 4.26. The highest BCUT2D eigenvalue weighted by Gasteiger charge is 2.21. The fraction of sp³-hybridized carbons (Fsp3) is 0.0833. The molecule has 0 heterocycles. The van der Waals surface area contributed by atoms with E-state index in [1.54, 1.807) is 12.1 Å². The van der Waals surface area contributed by atoms with Gasteiger partial charge < -0.3 is 0 Å². The highest BCUT2D eigenvalue weighted by molar-refractivity contribution is 9.10. The van der Waals surface area contributed by atoms with Crippen molar-refractivity contribution in [3.63, 3.8) is 0 Å². The van der Waals surface area contributed by atoms with Gasteiger partial charge in [-0.3, -0.25) is 4.79 Å². The van der Waals surface area contributed by atoms with Gasteiger partial charge in [0, 0.05) is 16.5 Å². The Kier molecular flexibility index (Phi) is 2.45. The van der Waals surface area contributed by atoms with Crippen molar-refractivity contribution in [3.05, 3.63) is 46.3 Å². The molecule has 0 unspecified atom stereocenters. The summed E-state index contributed by atoms with van der Waals surface area (Å²) in [5, 5.41) is 8.96. The molecule has 1 aliphatic rings. The fourth-order valence-corrected chi connectivity index (χ4v) is 2.13. The van der Waals surface area contributed by atoms with Gasteiger partial charge in [0.05, 0.1) is 11.6 Å². The van der Waals surface area contributed by atoms with Crippen LogP contribution in [0.15, 0.2) is 22.7 Å². The number of fused-ring (bicyclic) bond motifs is 1. The molecule has 0 saturated heterocycles. The summed E-state index contributed by atoms with van der Waals surface area (Å²) in [4.78, 5) is 11.7. The minimum atomic E-state index is -0.0125. The van der Waals surface area contributed by atoms with Gasteiger partial charge in [-0.2, -0.15) is 5.26 Å². The van der Waals surface area contributed by atoms with Crippen molar-refractivity contribution in [3.8, 4) is 6.07 Å². The molecule has 0 atom stereocenters. The lowest BCUT2D eigenvalue weighted by molar-refractivity contribution is 0.0994. The molecule has 0 bridgehead atoms. The minimum absolute atomic E-state index is 0.0125. The van der Waals surface area contributed by atoms with Crippen LogP contribution in [0.1, 0.15) is 27.9 Å². The van der Waals surface area contributed by atoms with Crippen molar-refractivity contribution in [2.24, 2.45) is 0 Å². The Bertz CT molecular complexity index is 523. The third-order valence-electron chi connectivity index (χ3n) is 2.38. The summed E-state index contributed by atoms with van der Waals surface area (Å²) in [6.07, 6.45) is 2.13. The van der Waals surface area contributed by atoms with E-state index in [0.29, 0.717) is 17.5 Å². The lowest BCUT2D eigenvalue weighted by Crippen LogP contribution is -2.09. The molecule has 0 aliphatic heterocycles. The van der Waals surface area contributed by atoms with Gasteiger partial charge in [0.2, 0.25) is 0 Å². The van der Waals surface area contributed by atoms with Crippen LogP contribution in [0.25, 0.3) is 5.57 Å². The molecule has 0 aromatic heterocycles. The first kappa shape index (κ1) is 10.1. The Balaban J connectivity index is 2.80. The molecule has 0 spiro atoms. The summed E-state index contributed by atoms with van der Waals surface area (Å²) in [6.45, 7) is 3.87. The highest BCUT2D eigenvalue weighted by Crippen LogP contribution is 2.31. The maximum absolute atomic E-state index is 11.7. The van der Waals surface area contributed by atoms with E-state index >= 15 is 0 Å². The maximum atomic E-state index is 11.7. The minimum Gasteiger partial charge on any atom is -0.294 e. The molecular weight excluding hydrogens is 254 g/mol. The van der Waals surface area contributed by atoms with Crippen LogP contribution in [0, 0.1) is 18.3 Å². The average molecular weight is 261 g/mol. The van der Waals surface area contributed by atoms with Gasteiger partial charge >= 0.3 is 0 Å². The number of hydrogen-bond donors (Lipinski definition) is 0. The van der Waals surface area contributed by atoms with Crippen LogP contribution >= 0.6 is 15.9 Å². The number of carbonyl (C=O) groups is 1. The molecule has 0 saturated carbocycles. The monoisotopic (exact) mass is 260 g/mol. The first-order chi connectivity index (χ1) is 7.13. The Morgan fingerprint density at radius 2 is 2.20 bits per heavy atom. The van der Waals surface area contributed by atoms with Gasteiger partial charge in [-0.1, -0.05) is 22.0 Å². The third kappa shape index (κ3) is 1.62. The van der Waals surface area contributed by atoms with E-state index in [0.717, 1.165) is 15.6 Å². The Labute approximate surface area is 96.3 Å². The van der Waals surface area contributed by atoms with Crippen molar-refractivity contribution < 1.29 is 4.79 Å². The molecule has 3 heteroatoms. The SMILES string of the molecule is [CH2]C1=CCC(=O)c2c(C#N)cc(Br)cc21. The Morgan fingerprint density at radius 1 is 1.47 bits per heavy atom. The number of allylic oxidation sites excluding steroid dienone is 2. The normalized spacial score (nSPS) is 14.2. The zero-order chi connectivity index (χ0) is 11.0. The number of halogens is 1. The number of ketones is 1. The van der Waals surface area contributed by atoms with Crippen LogP contribution < -0.4 is 0 Å². The number of nitrogens with zero attached hydrogens (tertiary/aromatic N) is 1. The van der Waals surface area contributed by atoms with E-state index in [2.05, 4.69) is 22.9 Å². The number of rotatable bonds is 0. The van der Waals surface area contributed by atoms with Crippen LogP contribution in [0.2, 0.25) is 0 Å². The summed E-state index contributed by atoms with van der Waals surface area (Å²) in [5.41, 5.74) is 2.49. The zero-order valence-corrected chi connectivity index (χ0v) is 9.47. The molecule has 0 N–H and O–H groups in total. The van der Waals surface area contributed by atoms with Gasteiger partial charge in [-0.15, -0.1) is 0 Å². The Morgan fingerprint density at radius 3 is 2.87 bits per heavy atom. The molecule has 0 fully saturated rings. The summed E-state index contributed by atoms with van der Waals surface area (Å²) >= 11 is 3.31. The smallest absolute Gasteiger partial charge is 0.168 e. The molecule has 1 aliphatic carbocycles. The lowest BCUT2D eigenvalue weighted by Gasteiger charge is -2.15. The van der Waals surface area contributed by atoms with Crippen molar-refractivity contribution in [2.45, 2.75) is 6.42 Å². The van der Waals surface area contributed by atoms with E-state index in [1.165, 1.54) is 0 Å². The van der Waals surface area contributed by atoms with Crippen molar-refractivity contribution in [2.75, 3.05) is 0 Å². The predicted octanol–water partition coefficient (Wildman–Crippen LogP) is 3.12. The number of hydrogen-bond acceptors (Lipinski definition) is 2. The first-order valence-corrected chi connectivity index (χ1v) is 5.22. The van der Waals surface area contributed by atoms with Gasteiger partial charge in [-0.25, -0.2) is 0 Å². The quantitative estimate of drug-likeness (QED) is 0.719. The van der Waals surface area contributed by atoms with Crippen molar-refractivity contribution in [1.82, 2.24) is 0 Å². The van der Waals surface area contributed by atoms with Crippen molar-refractivity contribution >= 4 is 27.3 Å². The molecular formula is C12H7BrNO. The van der Waals surface area contributed by atoms with E-state index in [9.17, 15) is 4.79 Å². The van der Waals surface area contributed by atoms with Gasteiger partial charge in [0.25, 0.3) is 0 Å². The van der Waals surface area contributed by atoms with Crippen LogP contribution in [0.5, 0.6) is 0 Å². The second kappa shape index (κ2) is 3.63. The van der Waals surface area contributed by atoms with Gasteiger partial charge in [-0.05, 0) is 30.2 Å². The molecule has 1 radical (unpaired) electrons. The van der Waals surface area contributed by atoms with E-state index in [1.807, 2.05) is 12.1 Å². The molecule has 2 nitrogen and oxygen atoms in total. The standard InChI is InChI=1S/C12H7BrNO/c1-7-2-3-11(15)12-8(6-14)4-9(13)5-10(7)12/h2,4-5H,1,3H2. The average Bonchev–Trinajstić information content (AvgIpc) is 2.22. The largest absolute Gasteiger partial charge is 0.294 e. The number of carbonyl (C=O) groups excluding carboxylic acids is 1. The highest BCUT2D eigenvalue weighted by atomic mass is 79.9. The second-order valence-electron chi connectivity index (χ2n) is 3.34. The number of benzene rings is 1. The maximum Gasteiger partial charge on any atom is 0.168 e. The van der Waals surface area contributed by atoms with E-state index in [4.69, 9.17) is 5.26 Å². The summed E-state index contributed by atoms with van der Waals surface area (Å²) in [7, 11) is 0.